The number of fused-ring (bicyclic) bond motifs is 4. The Labute approximate surface area is 307 Å². The Morgan fingerprint density at radius 2 is 1.04 bits per heavy atom. The van der Waals surface area contributed by atoms with Crippen molar-refractivity contribution in [3.63, 3.8) is 0 Å². The summed E-state index contributed by atoms with van der Waals surface area (Å²) in [5.74, 6) is 1.95. The quantitative estimate of drug-likeness (QED) is 0.175. The predicted octanol–water partition coefficient (Wildman–Crippen LogP) is 12.9. The van der Waals surface area contributed by atoms with E-state index in [2.05, 4.69) is 152 Å². The first-order valence-electron chi connectivity index (χ1n) is 18.1. The number of aromatic nitrogens is 3. The van der Waals surface area contributed by atoms with Crippen LogP contribution in [0.25, 0.3) is 88.9 Å². The van der Waals surface area contributed by atoms with Gasteiger partial charge in [0.25, 0.3) is 0 Å². The molecular weight excluding hydrogens is 647 g/mol. The first kappa shape index (κ1) is 30.9. The van der Waals surface area contributed by atoms with Crippen molar-refractivity contribution in [3.05, 3.63) is 187 Å². The van der Waals surface area contributed by atoms with Gasteiger partial charge in [0, 0.05) is 21.9 Å². The van der Waals surface area contributed by atoms with Crippen LogP contribution in [0.3, 0.4) is 0 Å². The van der Waals surface area contributed by atoms with E-state index < -0.39 is 0 Å². The SMILES string of the molecule is C1=C(c2ccccc2)C=C(c2nc(-c3ccc4cc(-c5ccccc5)ccc4c3)nc(-c3cc(-c4ccccc4)cc4oc5ccccc5c34)n2)CC1. The van der Waals surface area contributed by atoms with Gasteiger partial charge in [0.2, 0.25) is 0 Å². The lowest BCUT2D eigenvalue weighted by molar-refractivity contribution is 0.669. The standard InChI is InChI=1S/C49H33N3O/c1-4-13-32(14-5-1)35-19-12-20-39(28-35)47-50-48(40-26-25-37-27-36(23-24-38(37)29-40)33-15-6-2-7-16-33)52-49(51-47)43-30-41(34-17-8-3-9-18-34)31-45-46(43)42-21-10-11-22-44(42)53-45/h1-11,13-19,21-31H,12,20H2. The molecule has 1 aliphatic rings. The molecule has 9 aromatic rings. The van der Waals surface area contributed by atoms with E-state index >= 15 is 0 Å². The highest BCUT2D eigenvalue weighted by atomic mass is 16.3. The summed E-state index contributed by atoms with van der Waals surface area (Å²) in [5.41, 5.74) is 11.5. The van der Waals surface area contributed by atoms with Gasteiger partial charge in [-0.15, -0.1) is 0 Å². The Balaban J connectivity index is 1.19. The van der Waals surface area contributed by atoms with Crippen LogP contribution in [-0.2, 0) is 0 Å². The summed E-state index contributed by atoms with van der Waals surface area (Å²) >= 11 is 0. The van der Waals surface area contributed by atoms with E-state index in [1.807, 2.05) is 24.3 Å². The van der Waals surface area contributed by atoms with Crippen molar-refractivity contribution in [2.45, 2.75) is 12.8 Å². The monoisotopic (exact) mass is 679 g/mol. The summed E-state index contributed by atoms with van der Waals surface area (Å²) in [4.78, 5) is 15.8. The maximum Gasteiger partial charge on any atom is 0.164 e. The summed E-state index contributed by atoms with van der Waals surface area (Å²) in [7, 11) is 0. The summed E-state index contributed by atoms with van der Waals surface area (Å²) in [6, 6.07) is 57.1. The van der Waals surface area contributed by atoms with Gasteiger partial charge in [-0.1, -0.05) is 140 Å². The molecule has 53 heavy (non-hydrogen) atoms. The normalized spacial score (nSPS) is 13.0. The van der Waals surface area contributed by atoms with Crippen LogP contribution in [0.2, 0.25) is 0 Å². The molecule has 0 atom stereocenters. The smallest absolute Gasteiger partial charge is 0.164 e. The molecule has 0 unspecified atom stereocenters. The first-order chi connectivity index (χ1) is 26.2. The van der Waals surface area contributed by atoms with Gasteiger partial charge in [-0.25, -0.2) is 15.0 Å². The van der Waals surface area contributed by atoms with Crippen LogP contribution in [0.15, 0.2) is 180 Å². The number of hydrogen-bond donors (Lipinski definition) is 0. The number of furan rings is 1. The van der Waals surface area contributed by atoms with E-state index in [4.69, 9.17) is 19.4 Å². The molecular formula is C49H33N3O. The first-order valence-corrected chi connectivity index (χ1v) is 18.1. The highest BCUT2D eigenvalue weighted by Crippen LogP contribution is 2.40. The summed E-state index contributed by atoms with van der Waals surface area (Å²) < 4.78 is 6.50. The molecule has 250 valence electrons. The molecule has 10 rings (SSSR count). The topological polar surface area (TPSA) is 51.8 Å². The van der Waals surface area contributed by atoms with Crippen LogP contribution in [-0.4, -0.2) is 15.0 Å². The fourth-order valence-corrected chi connectivity index (χ4v) is 7.50. The highest BCUT2D eigenvalue weighted by Gasteiger charge is 2.21. The zero-order valence-corrected chi connectivity index (χ0v) is 28.9. The largest absolute Gasteiger partial charge is 0.456 e. The third kappa shape index (κ3) is 5.81. The maximum atomic E-state index is 6.50. The average Bonchev–Trinajstić information content (AvgIpc) is 3.62. The molecule has 0 spiro atoms. The number of hydrogen-bond acceptors (Lipinski definition) is 4. The maximum absolute atomic E-state index is 6.50. The summed E-state index contributed by atoms with van der Waals surface area (Å²) in [6.45, 7) is 0. The van der Waals surface area contributed by atoms with Crippen LogP contribution in [0.4, 0.5) is 0 Å². The average molecular weight is 680 g/mol. The minimum absolute atomic E-state index is 0.621. The molecule has 0 saturated heterocycles. The molecule has 0 aliphatic heterocycles. The molecule has 2 aromatic heterocycles. The van der Waals surface area contributed by atoms with Gasteiger partial charge in [-0.2, -0.15) is 0 Å². The number of benzene rings is 7. The van der Waals surface area contributed by atoms with Gasteiger partial charge in [-0.3, -0.25) is 0 Å². The Hall–Kier alpha value is -6.91. The molecule has 2 heterocycles. The Kier molecular flexibility index (Phi) is 7.58. The molecule has 1 aliphatic carbocycles. The van der Waals surface area contributed by atoms with Crippen LogP contribution in [0.1, 0.15) is 24.2 Å². The van der Waals surface area contributed by atoms with Crippen LogP contribution < -0.4 is 0 Å². The molecule has 0 saturated carbocycles. The van der Waals surface area contributed by atoms with Gasteiger partial charge >= 0.3 is 0 Å². The lowest BCUT2D eigenvalue weighted by Crippen LogP contribution is -2.05. The van der Waals surface area contributed by atoms with Crippen molar-refractivity contribution < 1.29 is 4.42 Å². The Morgan fingerprint density at radius 3 is 1.79 bits per heavy atom. The molecule has 0 fully saturated rings. The predicted molar refractivity (Wildman–Crippen MR) is 218 cm³/mol. The molecule has 4 heteroatoms. The van der Waals surface area contributed by atoms with Crippen LogP contribution >= 0.6 is 0 Å². The van der Waals surface area contributed by atoms with Crippen molar-refractivity contribution >= 4 is 43.9 Å². The van der Waals surface area contributed by atoms with E-state index in [1.54, 1.807) is 0 Å². The number of rotatable bonds is 6. The van der Waals surface area contributed by atoms with Crippen molar-refractivity contribution in [2.75, 3.05) is 0 Å². The summed E-state index contributed by atoms with van der Waals surface area (Å²) in [5, 5.41) is 4.33. The molecule has 7 aromatic carbocycles. The van der Waals surface area contributed by atoms with E-state index in [9.17, 15) is 0 Å². The Bertz CT molecular complexity index is 2870. The number of nitrogens with zero attached hydrogens (tertiary/aromatic N) is 3. The van der Waals surface area contributed by atoms with E-state index in [-0.39, 0.29) is 0 Å². The molecule has 0 radical (unpaired) electrons. The molecule has 0 bridgehead atoms. The Morgan fingerprint density at radius 1 is 0.434 bits per heavy atom. The second-order valence-electron chi connectivity index (χ2n) is 13.5. The van der Waals surface area contributed by atoms with Gasteiger partial charge < -0.3 is 4.42 Å². The van der Waals surface area contributed by atoms with Crippen molar-refractivity contribution in [3.8, 4) is 45.0 Å². The highest BCUT2D eigenvalue weighted by molar-refractivity contribution is 6.13. The van der Waals surface area contributed by atoms with E-state index in [1.165, 1.54) is 27.6 Å². The third-order valence-electron chi connectivity index (χ3n) is 10.2. The van der Waals surface area contributed by atoms with Crippen molar-refractivity contribution in [1.82, 2.24) is 15.0 Å². The second-order valence-corrected chi connectivity index (χ2v) is 13.5. The van der Waals surface area contributed by atoms with Crippen LogP contribution in [0, 0.1) is 0 Å². The summed E-state index contributed by atoms with van der Waals surface area (Å²) in [6.07, 6.45) is 6.30. The zero-order chi connectivity index (χ0) is 35.1. The minimum Gasteiger partial charge on any atom is -0.456 e. The van der Waals surface area contributed by atoms with Gasteiger partial charge in [0.1, 0.15) is 11.2 Å². The number of allylic oxidation sites excluding steroid dienone is 4. The van der Waals surface area contributed by atoms with Crippen molar-refractivity contribution in [1.29, 1.82) is 0 Å². The van der Waals surface area contributed by atoms with E-state index in [0.29, 0.717) is 17.5 Å². The van der Waals surface area contributed by atoms with Crippen molar-refractivity contribution in [2.24, 2.45) is 0 Å². The lowest BCUT2D eigenvalue weighted by Gasteiger charge is -2.16. The fraction of sp³-hybridized carbons (Fsp3) is 0.0408. The van der Waals surface area contributed by atoms with Gasteiger partial charge in [-0.05, 0) is 99.0 Å². The van der Waals surface area contributed by atoms with Gasteiger partial charge in [0.05, 0.1) is 0 Å². The van der Waals surface area contributed by atoms with E-state index in [0.717, 1.165) is 68.0 Å². The zero-order valence-electron chi connectivity index (χ0n) is 28.9. The minimum atomic E-state index is 0.621. The second kappa shape index (κ2) is 13.0. The fourth-order valence-electron chi connectivity index (χ4n) is 7.50. The van der Waals surface area contributed by atoms with Crippen LogP contribution in [0.5, 0.6) is 0 Å². The molecule has 0 N–H and O–H groups in total. The number of para-hydroxylation sites is 1. The van der Waals surface area contributed by atoms with Gasteiger partial charge in [0.15, 0.2) is 17.5 Å². The lowest BCUT2D eigenvalue weighted by atomic mass is 9.94. The molecule has 4 nitrogen and oxygen atoms in total. The molecule has 0 amide bonds. The third-order valence-corrected chi connectivity index (χ3v) is 10.2.